The highest BCUT2D eigenvalue weighted by atomic mass is 35.5. The normalized spacial score (nSPS) is 18.9. The summed E-state index contributed by atoms with van der Waals surface area (Å²) < 4.78 is 5.58. The first-order chi connectivity index (χ1) is 9.65. The maximum atomic E-state index is 12.6. The minimum Gasteiger partial charge on any atom is -0.375 e. The Morgan fingerprint density at radius 3 is 3.10 bits per heavy atom. The number of ether oxygens (including phenoxy) is 1. The Hall–Kier alpha value is -1.33. The summed E-state index contributed by atoms with van der Waals surface area (Å²) in [6.07, 6.45) is 2.53. The van der Waals surface area contributed by atoms with E-state index in [0.717, 1.165) is 13.0 Å². The summed E-state index contributed by atoms with van der Waals surface area (Å²) in [7, 11) is 0. The molecule has 5 nitrogen and oxygen atoms in total. The molecule has 1 aliphatic heterocycles. The summed E-state index contributed by atoms with van der Waals surface area (Å²) >= 11 is 6.11. The molecule has 1 aromatic heterocycles. The Bertz CT molecular complexity index is 481. The second kappa shape index (κ2) is 6.90. The van der Waals surface area contributed by atoms with Gasteiger partial charge in [0.05, 0.1) is 23.3 Å². The van der Waals surface area contributed by atoms with E-state index in [1.165, 1.54) is 6.20 Å². The fourth-order valence-corrected chi connectivity index (χ4v) is 2.39. The van der Waals surface area contributed by atoms with Gasteiger partial charge in [0.2, 0.25) is 0 Å². The van der Waals surface area contributed by atoms with Crippen molar-refractivity contribution < 1.29 is 9.53 Å². The first-order valence-electron chi connectivity index (χ1n) is 6.96. The van der Waals surface area contributed by atoms with Crippen molar-refractivity contribution in [2.45, 2.75) is 26.4 Å². The van der Waals surface area contributed by atoms with E-state index in [1.54, 1.807) is 11.0 Å². The molecule has 0 saturated carbocycles. The molecule has 0 aliphatic carbocycles. The zero-order chi connectivity index (χ0) is 14.5. The number of rotatable bonds is 4. The number of aromatic nitrogens is 1. The standard InChI is InChI=1S/C14H20ClN3O2/c1-3-10-9-18(5-6-20-10)14(19)11-7-13(16-4-2)17-8-12(11)15/h7-8,10H,3-6,9H2,1-2H3,(H,16,17). The van der Waals surface area contributed by atoms with E-state index < -0.39 is 0 Å². The van der Waals surface area contributed by atoms with E-state index in [4.69, 9.17) is 16.3 Å². The summed E-state index contributed by atoms with van der Waals surface area (Å²) in [5.74, 6) is 0.610. The van der Waals surface area contributed by atoms with Crippen molar-refractivity contribution in [1.29, 1.82) is 0 Å². The van der Waals surface area contributed by atoms with Crippen LogP contribution in [0.4, 0.5) is 5.82 Å². The zero-order valence-corrected chi connectivity index (χ0v) is 12.6. The lowest BCUT2D eigenvalue weighted by atomic mass is 10.1. The Morgan fingerprint density at radius 1 is 1.60 bits per heavy atom. The molecule has 2 heterocycles. The van der Waals surface area contributed by atoms with Crippen LogP contribution < -0.4 is 5.32 Å². The summed E-state index contributed by atoms with van der Waals surface area (Å²) in [5, 5.41) is 3.47. The van der Waals surface area contributed by atoms with Gasteiger partial charge in [-0.05, 0) is 19.4 Å². The van der Waals surface area contributed by atoms with Crippen LogP contribution in [0.2, 0.25) is 5.02 Å². The first kappa shape index (κ1) is 15.1. The van der Waals surface area contributed by atoms with Gasteiger partial charge in [0.25, 0.3) is 5.91 Å². The highest BCUT2D eigenvalue weighted by Gasteiger charge is 2.25. The number of halogens is 1. The summed E-state index contributed by atoms with van der Waals surface area (Å²) in [6, 6.07) is 1.71. The predicted molar refractivity (Wildman–Crippen MR) is 79.3 cm³/mol. The van der Waals surface area contributed by atoms with Gasteiger partial charge in [0.1, 0.15) is 5.82 Å². The van der Waals surface area contributed by atoms with Crippen LogP contribution in [-0.4, -0.2) is 48.1 Å². The molecule has 1 unspecified atom stereocenters. The Labute approximate surface area is 124 Å². The highest BCUT2D eigenvalue weighted by Crippen LogP contribution is 2.21. The van der Waals surface area contributed by atoms with Crippen LogP contribution in [0.1, 0.15) is 30.6 Å². The second-order valence-electron chi connectivity index (χ2n) is 4.73. The average Bonchev–Trinajstić information content (AvgIpc) is 2.49. The van der Waals surface area contributed by atoms with Crippen LogP contribution in [0, 0.1) is 0 Å². The number of carbonyl (C=O) groups excluding carboxylic acids is 1. The van der Waals surface area contributed by atoms with Gasteiger partial charge in [0.15, 0.2) is 0 Å². The maximum absolute atomic E-state index is 12.6. The minimum atomic E-state index is -0.0571. The third kappa shape index (κ3) is 3.41. The molecule has 2 rings (SSSR count). The van der Waals surface area contributed by atoms with E-state index in [1.807, 2.05) is 6.92 Å². The van der Waals surface area contributed by atoms with Crippen molar-refractivity contribution in [3.8, 4) is 0 Å². The molecule has 1 aromatic rings. The van der Waals surface area contributed by atoms with Crippen LogP contribution in [-0.2, 0) is 4.74 Å². The maximum Gasteiger partial charge on any atom is 0.255 e. The van der Waals surface area contributed by atoms with Gasteiger partial charge >= 0.3 is 0 Å². The molecule has 1 fully saturated rings. The van der Waals surface area contributed by atoms with Crippen LogP contribution >= 0.6 is 11.6 Å². The molecule has 0 bridgehead atoms. The van der Waals surface area contributed by atoms with E-state index >= 15 is 0 Å². The van der Waals surface area contributed by atoms with E-state index in [2.05, 4.69) is 17.2 Å². The number of amides is 1. The molecule has 0 spiro atoms. The molecule has 1 saturated heterocycles. The van der Waals surface area contributed by atoms with Crippen LogP contribution in [0.15, 0.2) is 12.3 Å². The van der Waals surface area contributed by atoms with Crippen LogP contribution in [0.3, 0.4) is 0 Å². The van der Waals surface area contributed by atoms with Gasteiger partial charge in [0, 0.05) is 25.8 Å². The zero-order valence-electron chi connectivity index (χ0n) is 11.9. The van der Waals surface area contributed by atoms with Gasteiger partial charge in [-0.25, -0.2) is 4.98 Å². The third-order valence-corrected chi connectivity index (χ3v) is 3.63. The number of nitrogens with zero attached hydrogens (tertiary/aromatic N) is 2. The molecule has 0 aromatic carbocycles. The molecule has 1 amide bonds. The van der Waals surface area contributed by atoms with Gasteiger partial charge < -0.3 is 15.0 Å². The molecule has 20 heavy (non-hydrogen) atoms. The lowest BCUT2D eigenvalue weighted by molar-refractivity contribution is -0.0226. The number of hydrogen-bond acceptors (Lipinski definition) is 4. The lowest BCUT2D eigenvalue weighted by Gasteiger charge is -2.32. The van der Waals surface area contributed by atoms with E-state index in [-0.39, 0.29) is 12.0 Å². The predicted octanol–water partition coefficient (Wildman–Crippen LogP) is 2.42. The van der Waals surface area contributed by atoms with E-state index in [0.29, 0.717) is 36.1 Å². The fraction of sp³-hybridized carbons (Fsp3) is 0.571. The lowest BCUT2D eigenvalue weighted by Crippen LogP contribution is -2.45. The van der Waals surface area contributed by atoms with Gasteiger partial charge in [-0.1, -0.05) is 18.5 Å². The summed E-state index contributed by atoms with van der Waals surface area (Å²) in [4.78, 5) is 18.5. The van der Waals surface area contributed by atoms with Crippen molar-refractivity contribution in [2.75, 3.05) is 31.6 Å². The molecule has 6 heteroatoms. The Balaban J connectivity index is 2.17. The van der Waals surface area contributed by atoms with Crippen LogP contribution in [0.25, 0.3) is 0 Å². The van der Waals surface area contributed by atoms with Gasteiger partial charge in [-0.15, -0.1) is 0 Å². The molecule has 1 aliphatic rings. The summed E-state index contributed by atoms with van der Waals surface area (Å²) in [6.45, 7) is 6.58. The first-order valence-corrected chi connectivity index (χ1v) is 7.33. The Kier molecular flexibility index (Phi) is 5.20. The fourth-order valence-electron chi connectivity index (χ4n) is 2.20. The summed E-state index contributed by atoms with van der Waals surface area (Å²) in [5.41, 5.74) is 0.495. The number of pyridine rings is 1. The molecular formula is C14H20ClN3O2. The van der Waals surface area contributed by atoms with Crippen molar-refractivity contribution in [1.82, 2.24) is 9.88 Å². The number of morpholine rings is 1. The highest BCUT2D eigenvalue weighted by molar-refractivity contribution is 6.33. The monoisotopic (exact) mass is 297 g/mol. The average molecular weight is 298 g/mol. The number of nitrogens with one attached hydrogen (secondary N) is 1. The molecule has 1 atom stereocenters. The van der Waals surface area contributed by atoms with E-state index in [9.17, 15) is 4.79 Å². The quantitative estimate of drug-likeness (QED) is 0.927. The number of anilines is 1. The number of hydrogen-bond donors (Lipinski definition) is 1. The molecule has 1 N–H and O–H groups in total. The third-order valence-electron chi connectivity index (χ3n) is 3.32. The minimum absolute atomic E-state index is 0.0571. The van der Waals surface area contributed by atoms with Gasteiger partial charge in [-0.3, -0.25) is 4.79 Å². The van der Waals surface area contributed by atoms with Crippen molar-refractivity contribution in [3.05, 3.63) is 22.8 Å². The second-order valence-corrected chi connectivity index (χ2v) is 5.14. The van der Waals surface area contributed by atoms with Crippen molar-refractivity contribution in [3.63, 3.8) is 0 Å². The van der Waals surface area contributed by atoms with Crippen molar-refractivity contribution in [2.24, 2.45) is 0 Å². The molecular weight excluding hydrogens is 278 g/mol. The topological polar surface area (TPSA) is 54.5 Å². The Morgan fingerprint density at radius 2 is 2.40 bits per heavy atom. The molecule has 110 valence electrons. The van der Waals surface area contributed by atoms with Crippen LogP contribution in [0.5, 0.6) is 0 Å². The number of carbonyl (C=O) groups is 1. The smallest absolute Gasteiger partial charge is 0.255 e. The SMILES string of the molecule is CCNc1cc(C(=O)N2CCOC(CC)C2)c(Cl)cn1. The molecule has 0 radical (unpaired) electrons. The largest absolute Gasteiger partial charge is 0.375 e. The van der Waals surface area contributed by atoms with Crippen molar-refractivity contribution >= 4 is 23.3 Å². The van der Waals surface area contributed by atoms with Gasteiger partial charge in [-0.2, -0.15) is 0 Å².